The normalized spacial score (nSPS) is 13.2. The summed E-state index contributed by atoms with van der Waals surface area (Å²) in [6.07, 6.45) is 0. The minimum atomic E-state index is -0.629. The first kappa shape index (κ1) is 27.6. The Kier molecular flexibility index (Phi) is 6.90. The van der Waals surface area contributed by atoms with Gasteiger partial charge >= 0.3 is 6.03 Å². The van der Waals surface area contributed by atoms with Crippen LogP contribution in [-0.4, -0.2) is 16.2 Å². The van der Waals surface area contributed by atoms with E-state index in [9.17, 15) is 15.0 Å². The van der Waals surface area contributed by atoms with Crippen molar-refractivity contribution in [2.45, 2.75) is 105 Å². The van der Waals surface area contributed by atoms with Crippen LogP contribution in [0.5, 0.6) is 11.5 Å². The molecule has 0 aliphatic heterocycles. The van der Waals surface area contributed by atoms with Crippen molar-refractivity contribution < 1.29 is 15.0 Å². The van der Waals surface area contributed by atoms with E-state index >= 15 is 0 Å². The van der Waals surface area contributed by atoms with Gasteiger partial charge in [0.25, 0.3) is 0 Å². The van der Waals surface area contributed by atoms with Gasteiger partial charge in [0.05, 0.1) is 11.4 Å². The number of carbonyl (C=O) groups is 1. The minimum Gasteiger partial charge on any atom is -0.507 e. The van der Waals surface area contributed by atoms with Crippen LogP contribution in [0.15, 0.2) is 24.3 Å². The Morgan fingerprint density at radius 2 is 0.794 bits per heavy atom. The van der Waals surface area contributed by atoms with Gasteiger partial charge in [-0.2, -0.15) is 0 Å². The van der Waals surface area contributed by atoms with Crippen molar-refractivity contribution in [2.75, 3.05) is 4.90 Å². The number of anilines is 2. The number of carbonyl (C=O) groups excluding carboxylic acids is 1. The van der Waals surface area contributed by atoms with Gasteiger partial charge in [-0.1, -0.05) is 83.1 Å². The van der Waals surface area contributed by atoms with Crippen molar-refractivity contribution in [1.29, 1.82) is 0 Å². The molecular weight excluding hydrogens is 424 g/mol. The molecule has 2 amide bonds. The Hall–Kier alpha value is -2.69. The number of hydrogen-bond acceptors (Lipinski definition) is 3. The second kappa shape index (κ2) is 8.51. The predicted molar refractivity (Wildman–Crippen MR) is 143 cm³/mol. The highest BCUT2D eigenvalue weighted by molar-refractivity contribution is 5.99. The van der Waals surface area contributed by atoms with Gasteiger partial charge in [-0.05, 0) is 45.9 Å². The number of amides is 2. The van der Waals surface area contributed by atoms with Gasteiger partial charge in [-0.25, -0.2) is 4.79 Å². The molecule has 2 aromatic rings. The number of phenolic OH excluding ortho intramolecular Hbond substituents is 2. The fourth-order valence-corrected chi connectivity index (χ4v) is 4.19. The van der Waals surface area contributed by atoms with Gasteiger partial charge in [0.15, 0.2) is 0 Å². The molecule has 0 aliphatic carbocycles. The Bertz CT molecular complexity index is 937. The monoisotopic (exact) mass is 468 g/mol. The second-order valence-corrected chi connectivity index (χ2v) is 13.5. The largest absolute Gasteiger partial charge is 0.507 e. The molecule has 0 aliphatic rings. The smallest absolute Gasteiger partial charge is 0.323 e. The van der Waals surface area contributed by atoms with Crippen molar-refractivity contribution in [3.05, 3.63) is 46.5 Å². The van der Waals surface area contributed by atoms with Crippen LogP contribution in [0.4, 0.5) is 16.2 Å². The summed E-state index contributed by atoms with van der Waals surface area (Å²) < 4.78 is 0. The van der Waals surface area contributed by atoms with Crippen molar-refractivity contribution in [2.24, 2.45) is 5.73 Å². The van der Waals surface area contributed by atoms with Crippen LogP contribution in [0.1, 0.15) is 105 Å². The first-order valence-electron chi connectivity index (χ1n) is 11.9. The zero-order valence-corrected chi connectivity index (χ0v) is 23.1. The Labute approximate surface area is 206 Å². The lowest BCUT2D eigenvalue weighted by atomic mass is 9.78. The summed E-state index contributed by atoms with van der Waals surface area (Å²) in [5.41, 5.74) is 8.70. The molecule has 0 atom stereocenters. The standard InChI is InChI=1S/C29H44N2O3/c1-26(2,3)19-13-17(14-20(23(19)32)27(4,5)6)31(25(30)34)18-15-21(28(7,8)9)24(33)22(16-18)29(10,11)12/h13-16,32-33H,1-12H3,(H2,30,34). The van der Waals surface area contributed by atoms with E-state index in [0.29, 0.717) is 11.4 Å². The molecule has 2 rings (SSSR count). The molecule has 34 heavy (non-hydrogen) atoms. The van der Waals surface area contributed by atoms with Crippen LogP contribution >= 0.6 is 0 Å². The van der Waals surface area contributed by atoms with Gasteiger partial charge in [-0.15, -0.1) is 0 Å². The van der Waals surface area contributed by atoms with Gasteiger partial charge in [0, 0.05) is 22.3 Å². The summed E-state index contributed by atoms with van der Waals surface area (Å²) in [5.74, 6) is 0.481. The fraction of sp³-hybridized carbons (Fsp3) is 0.552. The maximum absolute atomic E-state index is 12.9. The molecule has 4 N–H and O–H groups in total. The molecule has 0 radical (unpaired) electrons. The van der Waals surface area contributed by atoms with Crippen LogP contribution in [-0.2, 0) is 21.7 Å². The van der Waals surface area contributed by atoms with E-state index in [1.165, 1.54) is 4.90 Å². The number of urea groups is 1. The van der Waals surface area contributed by atoms with E-state index in [1.807, 2.05) is 107 Å². The lowest BCUT2D eigenvalue weighted by Crippen LogP contribution is -2.33. The van der Waals surface area contributed by atoms with E-state index in [2.05, 4.69) is 0 Å². The molecular formula is C29H44N2O3. The number of nitrogens with zero attached hydrogens (tertiary/aromatic N) is 1. The number of rotatable bonds is 2. The number of nitrogens with two attached hydrogens (primary N) is 1. The molecule has 0 saturated carbocycles. The average Bonchev–Trinajstić information content (AvgIpc) is 2.59. The third kappa shape index (κ3) is 5.51. The lowest BCUT2D eigenvalue weighted by molar-refractivity contribution is 0.256. The van der Waals surface area contributed by atoms with Crippen LogP contribution < -0.4 is 10.6 Å². The molecule has 0 spiro atoms. The van der Waals surface area contributed by atoms with E-state index in [1.54, 1.807) is 0 Å². The number of phenols is 2. The summed E-state index contributed by atoms with van der Waals surface area (Å²) in [5, 5.41) is 22.3. The highest BCUT2D eigenvalue weighted by Crippen LogP contribution is 2.46. The Morgan fingerprint density at radius 3 is 0.941 bits per heavy atom. The van der Waals surface area contributed by atoms with Crippen molar-refractivity contribution in [3.63, 3.8) is 0 Å². The maximum Gasteiger partial charge on any atom is 0.323 e. The summed E-state index contributed by atoms with van der Waals surface area (Å²) in [7, 11) is 0. The molecule has 2 aromatic carbocycles. The molecule has 0 bridgehead atoms. The highest BCUT2D eigenvalue weighted by atomic mass is 16.3. The number of benzene rings is 2. The summed E-state index contributed by atoms with van der Waals surface area (Å²) in [4.78, 5) is 14.4. The number of hydrogen-bond donors (Lipinski definition) is 3. The lowest BCUT2D eigenvalue weighted by Gasteiger charge is -2.33. The quantitative estimate of drug-likeness (QED) is 0.426. The van der Waals surface area contributed by atoms with E-state index in [-0.39, 0.29) is 33.2 Å². The van der Waals surface area contributed by atoms with Gasteiger partial charge < -0.3 is 15.9 Å². The molecule has 0 heterocycles. The zero-order valence-electron chi connectivity index (χ0n) is 23.1. The Morgan fingerprint density at radius 1 is 0.588 bits per heavy atom. The molecule has 0 aromatic heterocycles. The second-order valence-electron chi connectivity index (χ2n) is 13.5. The van der Waals surface area contributed by atoms with Gasteiger partial charge in [0.1, 0.15) is 11.5 Å². The summed E-state index contributed by atoms with van der Waals surface area (Å²) in [6.45, 7) is 24.4. The molecule has 5 nitrogen and oxygen atoms in total. The summed E-state index contributed by atoms with van der Waals surface area (Å²) >= 11 is 0. The number of aromatic hydroxyl groups is 2. The van der Waals surface area contributed by atoms with Gasteiger partial charge in [-0.3, -0.25) is 4.90 Å². The average molecular weight is 469 g/mol. The number of primary amides is 1. The first-order valence-corrected chi connectivity index (χ1v) is 11.9. The van der Waals surface area contributed by atoms with Crippen molar-refractivity contribution in [1.82, 2.24) is 0 Å². The third-order valence-corrected chi connectivity index (χ3v) is 6.16. The molecule has 188 valence electrons. The van der Waals surface area contributed by atoms with Crippen LogP contribution in [0.2, 0.25) is 0 Å². The van der Waals surface area contributed by atoms with Crippen molar-refractivity contribution >= 4 is 17.4 Å². The van der Waals surface area contributed by atoms with Crippen molar-refractivity contribution in [3.8, 4) is 11.5 Å². The minimum absolute atomic E-state index is 0.240. The zero-order chi connectivity index (χ0) is 26.6. The molecule has 0 unspecified atom stereocenters. The van der Waals surface area contributed by atoms with Crippen LogP contribution in [0, 0.1) is 0 Å². The third-order valence-electron chi connectivity index (χ3n) is 6.16. The van der Waals surface area contributed by atoms with Gasteiger partial charge in [0.2, 0.25) is 0 Å². The topological polar surface area (TPSA) is 86.8 Å². The van der Waals surface area contributed by atoms with E-state index < -0.39 is 6.03 Å². The fourth-order valence-electron chi connectivity index (χ4n) is 4.19. The predicted octanol–water partition coefficient (Wildman–Crippen LogP) is 7.50. The first-order chi connectivity index (χ1) is 15.1. The molecule has 0 saturated heterocycles. The van der Waals surface area contributed by atoms with E-state index in [0.717, 1.165) is 22.3 Å². The van der Waals surface area contributed by atoms with Crippen LogP contribution in [0.25, 0.3) is 0 Å². The summed E-state index contributed by atoms with van der Waals surface area (Å²) in [6, 6.07) is 6.74. The maximum atomic E-state index is 12.9. The Balaban J connectivity index is 2.99. The molecule has 0 fully saturated rings. The highest BCUT2D eigenvalue weighted by Gasteiger charge is 2.32. The van der Waals surface area contributed by atoms with Crippen LogP contribution in [0.3, 0.4) is 0 Å². The van der Waals surface area contributed by atoms with E-state index in [4.69, 9.17) is 5.73 Å². The SMILES string of the molecule is CC(C)(C)c1cc(N(C(N)=O)c2cc(C(C)(C)C)c(O)c(C(C)(C)C)c2)cc(C(C)(C)C)c1O. The molecule has 5 heteroatoms.